The van der Waals surface area contributed by atoms with Gasteiger partial charge >= 0.3 is 0 Å². The number of hydrogen-bond donors (Lipinski definition) is 1. The molecule has 2 rings (SSSR count). The highest BCUT2D eigenvalue weighted by Gasteiger charge is 2.03. The lowest BCUT2D eigenvalue weighted by Crippen LogP contribution is -2.06. The number of anilines is 1. The van der Waals surface area contributed by atoms with Crippen LogP contribution in [0.2, 0.25) is 0 Å². The Morgan fingerprint density at radius 1 is 1.20 bits per heavy atom. The van der Waals surface area contributed by atoms with Gasteiger partial charge in [-0.05, 0) is 25.0 Å². The number of aryl methyl sites for hydroxylation is 1. The number of rotatable bonds is 6. The van der Waals surface area contributed by atoms with Crippen molar-refractivity contribution in [3.05, 3.63) is 47.2 Å². The number of nitrogens with zero attached hydrogens (tertiary/aromatic N) is 2. The molecule has 0 amide bonds. The fraction of sp³-hybridized carbons (Fsp3) is 0.333. The van der Waals surface area contributed by atoms with E-state index in [0.717, 1.165) is 16.8 Å². The van der Waals surface area contributed by atoms with Gasteiger partial charge in [0.05, 0.1) is 6.61 Å². The highest BCUT2D eigenvalue weighted by Crippen LogP contribution is 2.13. The molecule has 0 saturated heterocycles. The van der Waals surface area contributed by atoms with Gasteiger partial charge < -0.3 is 10.1 Å². The summed E-state index contributed by atoms with van der Waals surface area (Å²) in [5, 5.41) is 3.21. The number of halogens is 1. The number of hydrogen-bond acceptors (Lipinski definition) is 4. The average Bonchev–Trinajstić information content (AvgIpc) is 2.45. The van der Waals surface area contributed by atoms with E-state index in [0.29, 0.717) is 30.9 Å². The molecule has 5 heteroatoms. The Hall–Kier alpha value is -1.81. The molecular formula is C15H18ClN3O. The summed E-state index contributed by atoms with van der Waals surface area (Å²) in [5.74, 6) is 1.69. The number of alkyl halides is 1. The fourth-order valence-electron chi connectivity index (χ4n) is 1.84. The molecule has 1 heterocycles. The van der Waals surface area contributed by atoms with Gasteiger partial charge in [0.2, 0.25) is 11.8 Å². The Morgan fingerprint density at radius 3 is 2.75 bits per heavy atom. The van der Waals surface area contributed by atoms with E-state index in [-0.39, 0.29) is 0 Å². The molecule has 2 aromatic rings. The SMILES string of the molecule is CCOc1cc(C)nc(NCc2cccc(CCl)c2)n1. The Morgan fingerprint density at radius 2 is 2.00 bits per heavy atom. The monoisotopic (exact) mass is 291 g/mol. The normalized spacial score (nSPS) is 10.3. The van der Waals surface area contributed by atoms with Crippen LogP contribution in [0.4, 0.5) is 5.95 Å². The van der Waals surface area contributed by atoms with Crippen LogP contribution in [0.1, 0.15) is 23.7 Å². The topological polar surface area (TPSA) is 47.0 Å². The maximum Gasteiger partial charge on any atom is 0.226 e. The molecule has 1 aromatic carbocycles. The van der Waals surface area contributed by atoms with E-state index in [2.05, 4.69) is 21.4 Å². The Kier molecular flexibility index (Phi) is 5.18. The number of nitrogens with one attached hydrogen (secondary N) is 1. The minimum Gasteiger partial charge on any atom is -0.478 e. The first-order valence-corrected chi connectivity index (χ1v) is 7.11. The molecule has 0 spiro atoms. The average molecular weight is 292 g/mol. The van der Waals surface area contributed by atoms with Crippen molar-refractivity contribution in [3.8, 4) is 5.88 Å². The first-order valence-electron chi connectivity index (χ1n) is 6.57. The molecule has 0 fully saturated rings. The molecule has 1 aromatic heterocycles. The van der Waals surface area contributed by atoms with Crippen LogP contribution in [-0.4, -0.2) is 16.6 Å². The molecular weight excluding hydrogens is 274 g/mol. The van der Waals surface area contributed by atoms with Crippen LogP contribution in [0, 0.1) is 6.92 Å². The zero-order chi connectivity index (χ0) is 14.4. The second-order valence-corrected chi connectivity index (χ2v) is 4.68. The van der Waals surface area contributed by atoms with Gasteiger partial charge in [-0.25, -0.2) is 4.98 Å². The summed E-state index contributed by atoms with van der Waals surface area (Å²) in [5.41, 5.74) is 3.12. The van der Waals surface area contributed by atoms with E-state index in [9.17, 15) is 0 Å². The lowest BCUT2D eigenvalue weighted by molar-refractivity contribution is 0.326. The fourth-order valence-corrected chi connectivity index (χ4v) is 2.01. The minimum absolute atomic E-state index is 0.517. The van der Waals surface area contributed by atoms with Crippen LogP contribution in [-0.2, 0) is 12.4 Å². The molecule has 0 radical (unpaired) electrons. The maximum absolute atomic E-state index is 5.83. The summed E-state index contributed by atoms with van der Waals surface area (Å²) < 4.78 is 5.41. The number of ether oxygens (including phenoxy) is 1. The third-order valence-electron chi connectivity index (χ3n) is 2.72. The van der Waals surface area contributed by atoms with Crippen molar-refractivity contribution in [1.82, 2.24) is 9.97 Å². The third-order valence-corrected chi connectivity index (χ3v) is 3.03. The number of benzene rings is 1. The van der Waals surface area contributed by atoms with Crippen LogP contribution in [0.15, 0.2) is 30.3 Å². The first kappa shape index (κ1) is 14.6. The number of aromatic nitrogens is 2. The van der Waals surface area contributed by atoms with Crippen molar-refractivity contribution in [2.45, 2.75) is 26.3 Å². The summed E-state index contributed by atoms with van der Waals surface area (Å²) in [4.78, 5) is 8.66. The second-order valence-electron chi connectivity index (χ2n) is 4.41. The lowest BCUT2D eigenvalue weighted by Gasteiger charge is -2.09. The molecule has 0 aliphatic rings. The largest absolute Gasteiger partial charge is 0.478 e. The molecule has 0 aliphatic carbocycles. The van der Waals surface area contributed by atoms with Gasteiger partial charge in [0, 0.05) is 24.2 Å². The maximum atomic E-state index is 5.83. The van der Waals surface area contributed by atoms with E-state index in [1.54, 1.807) is 0 Å². The van der Waals surface area contributed by atoms with Crippen molar-refractivity contribution in [1.29, 1.82) is 0 Å². The molecule has 1 N–H and O–H groups in total. The molecule has 20 heavy (non-hydrogen) atoms. The van der Waals surface area contributed by atoms with Gasteiger partial charge in [-0.3, -0.25) is 0 Å². The molecule has 0 aliphatic heterocycles. The summed E-state index contributed by atoms with van der Waals surface area (Å²) in [6, 6.07) is 9.94. The zero-order valence-corrected chi connectivity index (χ0v) is 12.4. The summed E-state index contributed by atoms with van der Waals surface area (Å²) in [7, 11) is 0. The molecule has 0 saturated carbocycles. The van der Waals surface area contributed by atoms with E-state index in [1.165, 1.54) is 0 Å². The van der Waals surface area contributed by atoms with Gasteiger partial charge in [0.25, 0.3) is 0 Å². The molecule has 106 valence electrons. The molecule has 4 nitrogen and oxygen atoms in total. The predicted molar refractivity (Wildman–Crippen MR) is 81.3 cm³/mol. The van der Waals surface area contributed by atoms with Gasteiger partial charge in [-0.15, -0.1) is 11.6 Å². The summed E-state index contributed by atoms with van der Waals surface area (Å²) in [6.07, 6.45) is 0. The van der Waals surface area contributed by atoms with Crippen LogP contribution in [0.5, 0.6) is 5.88 Å². The molecule has 0 bridgehead atoms. The zero-order valence-electron chi connectivity index (χ0n) is 11.7. The van der Waals surface area contributed by atoms with Crippen molar-refractivity contribution >= 4 is 17.5 Å². The predicted octanol–water partition coefficient (Wildman–Crippen LogP) is 3.53. The Bertz CT molecular complexity index is 575. The van der Waals surface area contributed by atoms with Crippen molar-refractivity contribution in [2.75, 3.05) is 11.9 Å². The van der Waals surface area contributed by atoms with Crippen LogP contribution >= 0.6 is 11.6 Å². The van der Waals surface area contributed by atoms with Crippen LogP contribution in [0.25, 0.3) is 0 Å². The van der Waals surface area contributed by atoms with E-state index in [1.807, 2.05) is 38.1 Å². The lowest BCUT2D eigenvalue weighted by atomic mass is 10.1. The molecule has 0 unspecified atom stereocenters. The van der Waals surface area contributed by atoms with E-state index in [4.69, 9.17) is 16.3 Å². The van der Waals surface area contributed by atoms with Gasteiger partial charge in [-0.2, -0.15) is 4.98 Å². The van der Waals surface area contributed by atoms with E-state index >= 15 is 0 Å². The van der Waals surface area contributed by atoms with Crippen molar-refractivity contribution in [2.24, 2.45) is 0 Å². The Balaban J connectivity index is 2.06. The minimum atomic E-state index is 0.517. The highest BCUT2D eigenvalue weighted by atomic mass is 35.5. The quantitative estimate of drug-likeness (QED) is 0.827. The summed E-state index contributed by atoms with van der Waals surface area (Å²) >= 11 is 5.83. The van der Waals surface area contributed by atoms with Crippen molar-refractivity contribution < 1.29 is 4.74 Å². The summed E-state index contributed by atoms with van der Waals surface area (Å²) in [6.45, 7) is 5.10. The smallest absolute Gasteiger partial charge is 0.226 e. The highest BCUT2D eigenvalue weighted by molar-refractivity contribution is 6.17. The molecule has 0 atom stereocenters. The second kappa shape index (κ2) is 7.10. The van der Waals surface area contributed by atoms with Crippen LogP contribution < -0.4 is 10.1 Å². The van der Waals surface area contributed by atoms with Crippen molar-refractivity contribution in [3.63, 3.8) is 0 Å². The van der Waals surface area contributed by atoms with Crippen LogP contribution in [0.3, 0.4) is 0 Å². The third kappa shape index (κ3) is 4.10. The van der Waals surface area contributed by atoms with Gasteiger partial charge in [0.15, 0.2) is 0 Å². The Labute approximate surface area is 124 Å². The standard InChI is InChI=1S/C15H18ClN3O/c1-3-20-14-7-11(2)18-15(19-14)17-10-13-6-4-5-12(8-13)9-16/h4-8H,3,9-10H2,1-2H3,(H,17,18,19). The first-order chi connectivity index (χ1) is 9.71. The van der Waals surface area contributed by atoms with E-state index < -0.39 is 0 Å². The van der Waals surface area contributed by atoms with Gasteiger partial charge in [-0.1, -0.05) is 24.3 Å². The van der Waals surface area contributed by atoms with Gasteiger partial charge in [0.1, 0.15) is 0 Å².